The number of rotatable bonds is 7. The lowest BCUT2D eigenvalue weighted by atomic mass is 10.6. The number of ether oxygens (including phenoxy) is 2. The van der Waals surface area contributed by atoms with E-state index >= 15 is 0 Å². The van der Waals surface area contributed by atoms with Crippen molar-refractivity contribution in [3.05, 3.63) is 0 Å². The molecule has 0 fully saturated rings. The van der Waals surface area contributed by atoms with Crippen molar-refractivity contribution >= 4 is 32.2 Å². The average Bonchev–Trinajstić information content (AvgIpc) is 2.23. The van der Waals surface area contributed by atoms with Crippen LogP contribution in [0.3, 0.4) is 0 Å². The standard InChI is InChI=1S/C7H15BrN2O5S/c1-14-6-5-10(4-3-8)16(12,13)9-7(11)15-2/h3-6H2,1-2H3,(H,9,11). The van der Waals surface area contributed by atoms with Crippen LogP contribution >= 0.6 is 15.9 Å². The van der Waals surface area contributed by atoms with E-state index in [4.69, 9.17) is 4.74 Å². The summed E-state index contributed by atoms with van der Waals surface area (Å²) >= 11 is 3.13. The van der Waals surface area contributed by atoms with Crippen LogP contribution in [0.5, 0.6) is 0 Å². The molecule has 9 heteroatoms. The summed E-state index contributed by atoms with van der Waals surface area (Å²) in [5, 5.41) is 0.457. The Hall–Kier alpha value is -0.380. The number of hydrogen-bond donors (Lipinski definition) is 1. The summed E-state index contributed by atoms with van der Waals surface area (Å²) in [6, 6.07) is 0. The molecular formula is C7H15BrN2O5S. The molecule has 0 atom stereocenters. The van der Waals surface area contributed by atoms with E-state index in [1.807, 2.05) is 0 Å². The van der Waals surface area contributed by atoms with E-state index in [-0.39, 0.29) is 19.7 Å². The Labute approximate surface area is 103 Å². The Morgan fingerprint density at radius 2 is 2.00 bits per heavy atom. The molecule has 0 radical (unpaired) electrons. The van der Waals surface area contributed by atoms with Gasteiger partial charge in [0.1, 0.15) is 0 Å². The van der Waals surface area contributed by atoms with Crippen molar-refractivity contribution < 1.29 is 22.7 Å². The van der Waals surface area contributed by atoms with Gasteiger partial charge < -0.3 is 9.47 Å². The first-order chi connectivity index (χ1) is 7.47. The van der Waals surface area contributed by atoms with Gasteiger partial charge in [0.2, 0.25) is 0 Å². The summed E-state index contributed by atoms with van der Waals surface area (Å²) < 4.78 is 35.1. The summed E-state index contributed by atoms with van der Waals surface area (Å²) in [6.07, 6.45) is -1.02. The Morgan fingerprint density at radius 3 is 2.44 bits per heavy atom. The normalized spacial score (nSPS) is 11.5. The fourth-order valence-electron chi connectivity index (χ4n) is 0.851. The van der Waals surface area contributed by atoms with Gasteiger partial charge in [0, 0.05) is 25.5 Å². The van der Waals surface area contributed by atoms with Gasteiger partial charge in [0.15, 0.2) is 0 Å². The van der Waals surface area contributed by atoms with Crippen molar-refractivity contribution in [2.75, 3.05) is 39.2 Å². The van der Waals surface area contributed by atoms with Crippen LogP contribution in [0, 0.1) is 0 Å². The van der Waals surface area contributed by atoms with E-state index in [1.165, 1.54) is 7.11 Å². The fourth-order valence-corrected chi connectivity index (χ4v) is 2.58. The van der Waals surface area contributed by atoms with Crippen molar-refractivity contribution in [1.82, 2.24) is 9.03 Å². The number of alkyl halides is 1. The molecule has 0 aliphatic carbocycles. The third kappa shape index (κ3) is 5.64. The SMILES string of the molecule is COCCN(CCBr)S(=O)(=O)NC(=O)OC. The topological polar surface area (TPSA) is 84.9 Å². The monoisotopic (exact) mass is 318 g/mol. The minimum absolute atomic E-state index is 0.161. The van der Waals surface area contributed by atoms with E-state index in [9.17, 15) is 13.2 Å². The van der Waals surface area contributed by atoms with Gasteiger partial charge in [-0.3, -0.25) is 0 Å². The molecule has 0 unspecified atom stereocenters. The maximum Gasteiger partial charge on any atom is 0.421 e. The van der Waals surface area contributed by atoms with E-state index in [2.05, 4.69) is 20.7 Å². The number of hydrogen-bond acceptors (Lipinski definition) is 5. The van der Waals surface area contributed by atoms with E-state index in [0.717, 1.165) is 11.4 Å². The minimum atomic E-state index is -3.87. The fraction of sp³-hybridized carbons (Fsp3) is 0.857. The van der Waals surface area contributed by atoms with Crippen LogP contribution in [-0.2, 0) is 19.7 Å². The van der Waals surface area contributed by atoms with Gasteiger partial charge in [0.25, 0.3) is 0 Å². The first-order valence-corrected chi connectivity index (χ1v) is 6.94. The zero-order valence-corrected chi connectivity index (χ0v) is 11.5. The average molecular weight is 319 g/mol. The molecule has 0 bridgehead atoms. The molecule has 0 saturated heterocycles. The highest BCUT2D eigenvalue weighted by Crippen LogP contribution is 2.00. The van der Waals surface area contributed by atoms with E-state index in [0.29, 0.717) is 5.33 Å². The molecule has 0 spiro atoms. The Morgan fingerprint density at radius 1 is 1.38 bits per heavy atom. The minimum Gasteiger partial charge on any atom is -0.452 e. The number of halogens is 1. The summed E-state index contributed by atoms with van der Waals surface area (Å²) in [7, 11) is -1.31. The van der Waals surface area contributed by atoms with Crippen molar-refractivity contribution in [2.45, 2.75) is 0 Å². The molecule has 0 aromatic heterocycles. The van der Waals surface area contributed by atoms with Crippen molar-refractivity contribution in [3.63, 3.8) is 0 Å². The first kappa shape index (κ1) is 15.6. The first-order valence-electron chi connectivity index (χ1n) is 4.38. The molecule has 0 aliphatic rings. The zero-order chi connectivity index (χ0) is 12.6. The van der Waals surface area contributed by atoms with Crippen LogP contribution < -0.4 is 4.72 Å². The number of nitrogens with one attached hydrogen (secondary N) is 1. The molecule has 0 aromatic carbocycles. The van der Waals surface area contributed by atoms with Crippen molar-refractivity contribution in [1.29, 1.82) is 0 Å². The molecule has 0 saturated carbocycles. The molecule has 1 amide bonds. The summed E-state index contributed by atoms with van der Waals surface area (Å²) in [5.74, 6) is 0. The van der Waals surface area contributed by atoms with Gasteiger partial charge in [0.05, 0.1) is 13.7 Å². The Bertz CT molecular complexity index is 308. The summed E-state index contributed by atoms with van der Waals surface area (Å²) in [6.45, 7) is 0.638. The molecule has 1 N–H and O–H groups in total. The highest BCUT2D eigenvalue weighted by atomic mass is 79.9. The van der Waals surface area contributed by atoms with Gasteiger partial charge in [-0.05, 0) is 0 Å². The number of carbonyl (C=O) groups is 1. The Balaban J connectivity index is 4.55. The van der Waals surface area contributed by atoms with Crippen LogP contribution in [-0.4, -0.2) is 58.1 Å². The quantitative estimate of drug-likeness (QED) is 0.664. The van der Waals surface area contributed by atoms with Crippen LogP contribution in [0.2, 0.25) is 0 Å². The maximum atomic E-state index is 11.6. The lowest BCUT2D eigenvalue weighted by molar-refractivity contribution is 0.172. The lowest BCUT2D eigenvalue weighted by Crippen LogP contribution is -2.45. The van der Waals surface area contributed by atoms with Crippen molar-refractivity contribution in [3.8, 4) is 0 Å². The number of carbonyl (C=O) groups excluding carboxylic acids is 1. The van der Waals surface area contributed by atoms with Gasteiger partial charge in [-0.15, -0.1) is 0 Å². The van der Waals surface area contributed by atoms with E-state index < -0.39 is 16.3 Å². The smallest absolute Gasteiger partial charge is 0.421 e. The lowest BCUT2D eigenvalue weighted by Gasteiger charge is -2.20. The molecule has 0 aliphatic heterocycles. The summed E-state index contributed by atoms with van der Waals surface area (Å²) in [5.41, 5.74) is 0. The summed E-state index contributed by atoms with van der Waals surface area (Å²) in [4.78, 5) is 10.8. The highest BCUT2D eigenvalue weighted by molar-refractivity contribution is 9.09. The van der Waals surface area contributed by atoms with Crippen LogP contribution in [0.4, 0.5) is 4.79 Å². The zero-order valence-electron chi connectivity index (χ0n) is 9.10. The molecule has 0 rings (SSSR count). The molecule has 0 heterocycles. The third-order valence-corrected chi connectivity index (χ3v) is 3.44. The van der Waals surface area contributed by atoms with Crippen LogP contribution in [0.1, 0.15) is 0 Å². The third-order valence-electron chi connectivity index (χ3n) is 1.62. The molecule has 96 valence electrons. The number of nitrogens with zero attached hydrogens (tertiary/aromatic N) is 1. The molecule has 16 heavy (non-hydrogen) atoms. The number of methoxy groups -OCH3 is 2. The molecule has 7 nitrogen and oxygen atoms in total. The highest BCUT2D eigenvalue weighted by Gasteiger charge is 2.23. The van der Waals surface area contributed by atoms with Gasteiger partial charge in [-0.2, -0.15) is 12.7 Å². The van der Waals surface area contributed by atoms with Gasteiger partial charge >= 0.3 is 16.3 Å². The predicted octanol–water partition coefficient (Wildman–Crippen LogP) is -0.0695. The number of amides is 1. The second-order valence-corrected chi connectivity index (χ2v) is 5.14. The predicted molar refractivity (Wildman–Crippen MR) is 61.7 cm³/mol. The second-order valence-electron chi connectivity index (χ2n) is 2.68. The van der Waals surface area contributed by atoms with Crippen molar-refractivity contribution in [2.24, 2.45) is 0 Å². The van der Waals surface area contributed by atoms with Crippen LogP contribution in [0.25, 0.3) is 0 Å². The van der Waals surface area contributed by atoms with Crippen LogP contribution in [0.15, 0.2) is 0 Å². The van der Waals surface area contributed by atoms with Gasteiger partial charge in [-0.1, -0.05) is 15.9 Å². The van der Waals surface area contributed by atoms with Gasteiger partial charge in [-0.25, -0.2) is 9.52 Å². The molecular weight excluding hydrogens is 304 g/mol. The molecule has 0 aromatic rings. The second kappa shape index (κ2) is 7.82. The Kier molecular flexibility index (Phi) is 7.64. The maximum absolute atomic E-state index is 11.6. The largest absolute Gasteiger partial charge is 0.452 e. The van der Waals surface area contributed by atoms with E-state index in [1.54, 1.807) is 4.72 Å².